The summed E-state index contributed by atoms with van der Waals surface area (Å²) in [5, 5.41) is 9.94. The molecule has 2 atom stereocenters. The van der Waals surface area contributed by atoms with Gasteiger partial charge in [0.25, 0.3) is 0 Å². The second-order valence-electron chi connectivity index (χ2n) is 10.2. The van der Waals surface area contributed by atoms with Gasteiger partial charge >= 0.3 is 0 Å². The topological polar surface area (TPSA) is 39.7 Å². The number of aliphatic imine (C=N–C) groups is 1. The third-order valence-corrected chi connectivity index (χ3v) is 8.88. The number of fused-ring (bicyclic) bond motifs is 5. The lowest BCUT2D eigenvalue weighted by atomic mass is 9.99. The zero-order chi connectivity index (χ0) is 26.5. The van der Waals surface area contributed by atoms with E-state index < -0.39 is 0 Å². The molecule has 5 heteroatoms. The average molecular weight is 535 g/mol. The van der Waals surface area contributed by atoms with Crippen LogP contribution in [0.15, 0.2) is 139 Å². The summed E-state index contributed by atoms with van der Waals surface area (Å²) in [6, 6.07) is 38.3. The maximum atomic E-state index is 5.11. The van der Waals surface area contributed by atoms with Gasteiger partial charge in [-0.25, -0.2) is 0 Å². The van der Waals surface area contributed by atoms with Crippen LogP contribution in [0.2, 0.25) is 0 Å². The summed E-state index contributed by atoms with van der Waals surface area (Å²) < 4.78 is 1.31. The predicted octanol–water partition coefficient (Wildman–Crippen LogP) is 8.20. The zero-order valence-corrected chi connectivity index (χ0v) is 22.5. The molecule has 1 aromatic heterocycles. The molecule has 0 radical (unpaired) electrons. The Hall–Kier alpha value is -4.87. The van der Waals surface area contributed by atoms with E-state index in [-0.39, 0.29) is 12.3 Å². The Kier molecular flexibility index (Phi) is 5.42. The molecular weight excluding hydrogens is 508 g/mol. The second kappa shape index (κ2) is 9.40. The predicted molar refractivity (Wildman–Crippen MR) is 169 cm³/mol. The van der Waals surface area contributed by atoms with E-state index in [2.05, 4.69) is 137 Å². The van der Waals surface area contributed by atoms with Crippen molar-refractivity contribution in [1.29, 1.82) is 0 Å². The third kappa shape index (κ3) is 3.94. The average Bonchev–Trinajstić information content (AvgIpc) is 3.58. The van der Waals surface area contributed by atoms with Crippen LogP contribution in [0.5, 0.6) is 0 Å². The summed E-state index contributed by atoms with van der Waals surface area (Å²) in [6.45, 7) is 0. The van der Waals surface area contributed by atoms with Crippen LogP contribution < -0.4 is 15.5 Å². The number of benzene rings is 4. The lowest BCUT2D eigenvalue weighted by Gasteiger charge is -2.26. The van der Waals surface area contributed by atoms with Crippen LogP contribution in [0.25, 0.3) is 21.4 Å². The van der Waals surface area contributed by atoms with E-state index in [1.807, 2.05) is 23.5 Å². The Balaban J connectivity index is 1.10. The minimum absolute atomic E-state index is 0.161. The fourth-order valence-corrected chi connectivity index (χ4v) is 6.81. The number of hydrogen-bond donors (Lipinski definition) is 2. The number of hydrogen-bond acceptors (Lipinski definition) is 5. The Bertz CT molecular complexity index is 1850. The Morgan fingerprint density at radius 3 is 2.23 bits per heavy atom. The monoisotopic (exact) mass is 534 g/mol. The summed E-state index contributed by atoms with van der Waals surface area (Å²) in [7, 11) is 0. The molecule has 0 saturated carbocycles. The molecule has 0 bridgehead atoms. The van der Waals surface area contributed by atoms with Crippen molar-refractivity contribution in [2.75, 3.05) is 10.2 Å². The molecule has 2 N–H and O–H groups in total. The normalized spacial score (nSPS) is 19.2. The van der Waals surface area contributed by atoms with Crippen molar-refractivity contribution in [3.8, 4) is 0 Å². The first-order valence-electron chi connectivity index (χ1n) is 13.5. The maximum Gasteiger partial charge on any atom is 0.145 e. The first-order valence-corrected chi connectivity index (χ1v) is 14.4. The van der Waals surface area contributed by atoms with Crippen LogP contribution in [0.3, 0.4) is 0 Å². The largest absolute Gasteiger partial charge is 0.360 e. The van der Waals surface area contributed by atoms with E-state index in [4.69, 9.17) is 4.99 Å². The first kappa shape index (κ1) is 23.1. The number of nitrogens with zero attached hydrogens (tertiary/aromatic N) is 2. The highest BCUT2D eigenvalue weighted by molar-refractivity contribution is 7.23. The molecule has 4 nitrogen and oxygen atoms in total. The van der Waals surface area contributed by atoms with Crippen LogP contribution in [-0.4, -0.2) is 11.9 Å². The number of thiophene rings is 1. The smallest absolute Gasteiger partial charge is 0.145 e. The third-order valence-electron chi connectivity index (χ3n) is 7.70. The van der Waals surface area contributed by atoms with Crippen LogP contribution in [0, 0.1) is 0 Å². The van der Waals surface area contributed by atoms with Gasteiger partial charge in [0, 0.05) is 22.0 Å². The fourth-order valence-electron chi connectivity index (χ4n) is 5.64. The molecule has 0 amide bonds. The molecule has 4 heterocycles. The van der Waals surface area contributed by atoms with Crippen LogP contribution in [-0.2, 0) is 0 Å². The van der Waals surface area contributed by atoms with Crippen LogP contribution >= 0.6 is 11.3 Å². The SMILES string of the molecule is C1=CC2Nc3c(sc4ccccc34)N2C=C1c1ccc(C2N=C(c3ccccc3)C=C(c3ccccc3)N2)cc1. The Morgan fingerprint density at radius 1 is 0.700 bits per heavy atom. The minimum atomic E-state index is -0.173. The second-order valence-corrected chi connectivity index (χ2v) is 11.2. The summed E-state index contributed by atoms with van der Waals surface area (Å²) in [5.41, 5.74) is 9.09. The van der Waals surface area contributed by atoms with Crippen molar-refractivity contribution in [2.24, 2.45) is 4.99 Å². The molecule has 192 valence electrons. The standard InChI is InChI=1S/C35H26N4S/c1-3-9-24(10-4-1)29-21-30(25-11-5-2-6-12-25)37-34(36-29)26-17-15-23(16-18-26)27-19-20-32-38-33-28-13-7-8-14-31(28)40-35(33)39(32)22-27/h1-22,32,34,36,38H. The molecule has 0 spiro atoms. The molecule has 40 heavy (non-hydrogen) atoms. The molecule has 3 aliphatic heterocycles. The summed E-state index contributed by atoms with van der Waals surface area (Å²) in [5.74, 6) is 0. The zero-order valence-electron chi connectivity index (χ0n) is 21.7. The molecule has 2 unspecified atom stereocenters. The van der Waals surface area contributed by atoms with Gasteiger partial charge < -0.3 is 15.5 Å². The molecule has 0 aliphatic carbocycles. The van der Waals surface area contributed by atoms with Crippen molar-refractivity contribution in [1.82, 2.24) is 5.32 Å². The Labute approximate surface area is 237 Å². The van der Waals surface area contributed by atoms with Gasteiger partial charge in [0.2, 0.25) is 0 Å². The summed E-state index contributed by atoms with van der Waals surface area (Å²) >= 11 is 1.84. The number of allylic oxidation sites excluding steroid dienone is 3. The molecule has 5 aromatic rings. The van der Waals surface area contributed by atoms with E-state index >= 15 is 0 Å². The van der Waals surface area contributed by atoms with Gasteiger partial charge in [0.1, 0.15) is 17.3 Å². The van der Waals surface area contributed by atoms with E-state index in [1.54, 1.807) is 0 Å². The van der Waals surface area contributed by atoms with Gasteiger partial charge in [-0.05, 0) is 46.0 Å². The van der Waals surface area contributed by atoms with Crippen LogP contribution in [0.4, 0.5) is 10.7 Å². The number of anilines is 2. The van der Waals surface area contributed by atoms with Gasteiger partial charge in [-0.1, -0.05) is 109 Å². The van der Waals surface area contributed by atoms with Crippen LogP contribution in [0.1, 0.15) is 28.4 Å². The highest BCUT2D eigenvalue weighted by Crippen LogP contribution is 2.49. The number of rotatable bonds is 4. The molecule has 0 saturated heterocycles. The first-order chi connectivity index (χ1) is 19.8. The van der Waals surface area contributed by atoms with E-state index in [0.29, 0.717) is 0 Å². The van der Waals surface area contributed by atoms with Gasteiger partial charge in [-0.2, -0.15) is 0 Å². The lowest BCUT2D eigenvalue weighted by Crippen LogP contribution is -2.31. The molecule has 0 fully saturated rings. The summed E-state index contributed by atoms with van der Waals surface area (Å²) in [6.07, 6.45) is 8.89. The molecule has 4 aromatic carbocycles. The van der Waals surface area contributed by atoms with Gasteiger partial charge in [0.15, 0.2) is 0 Å². The van der Waals surface area contributed by atoms with Gasteiger partial charge in [-0.3, -0.25) is 4.99 Å². The van der Waals surface area contributed by atoms with Crippen molar-refractivity contribution >= 4 is 49.1 Å². The summed E-state index contributed by atoms with van der Waals surface area (Å²) in [4.78, 5) is 7.48. The van der Waals surface area contributed by atoms with Gasteiger partial charge in [0.05, 0.1) is 11.4 Å². The Morgan fingerprint density at radius 2 is 1.43 bits per heavy atom. The molecular formula is C35H26N4S. The van der Waals surface area contributed by atoms with E-state index in [0.717, 1.165) is 28.1 Å². The molecule has 3 aliphatic rings. The number of nitrogens with one attached hydrogen (secondary N) is 2. The lowest BCUT2D eigenvalue weighted by molar-refractivity contribution is 0.664. The van der Waals surface area contributed by atoms with Crippen molar-refractivity contribution in [2.45, 2.75) is 12.3 Å². The maximum absolute atomic E-state index is 5.11. The highest BCUT2D eigenvalue weighted by atomic mass is 32.1. The van der Waals surface area contributed by atoms with Crippen molar-refractivity contribution < 1.29 is 0 Å². The minimum Gasteiger partial charge on any atom is -0.360 e. The van der Waals surface area contributed by atoms with Crippen molar-refractivity contribution in [3.63, 3.8) is 0 Å². The highest BCUT2D eigenvalue weighted by Gasteiger charge is 2.31. The van der Waals surface area contributed by atoms with E-state index in [1.165, 1.54) is 31.9 Å². The van der Waals surface area contributed by atoms with E-state index in [9.17, 15) is 0 Å². The van der Waals surface area contributed by atoms with Gasteiger partial charge in [-0.15, -0.1) is 11.3 Å². The van der Waals surface area contributed by atoms with Crippen molar-refractivity contribution in [3.05, 3.63) is 156 Å². The quantitative estimate of drug-likeness (QED) is 0.244. The fraction of sp³-hybridized carbons (Fsp3) is 0.0571. The molecule has 8 rings (SSSR count).